The number of aryl methyl sites for hydroxylation is 3. The largest absolute Gasteiger partial charge is 0.513 e. The highest BCUT2D eigenvalue weighted by molar-refractivity contribution is 6.23. The second-order valence-corrected chi connectivity index (χ2v) is 9.02. The molecule has 0 saturated heterocycles. The number of hydrogen-bond acceptors (Lipinski definition) is 5. The van der Waals surface area contributed by atoms with E-state index in [0.29, 0.717) is 11.5 Å². The molecule has 0 spiro atoms. The summed E-state index contributed by atoms with van der Waals surface area (Å²) in [5, 5.41) is 1.21. The van der Waals surface area contributed by atoms with Gasteiger partial charge in [-0.15, -0.1) is 11.6 Å². The number of halogens is 1. The minimum absolute atomic E-state index is 0.100. The van der Waals surface area contributed by atoms with Crippen molar-refractivity contribution in [1.29, 1.82) is 0 Å². The van der Waals surface area contributed by atoms with Crippen LogP contribution in [0.5, 0.6) is 0 Å². The molecule has 0 saturated carbocycles. The van der Waals surface area contributed by atoms with Crippen molar-refractivity contribution >= 4 is 29.2 Å². The fraction of sp³-hybridized carbons (Fsp3) is 0.545. The lowest BCUT2D eigenvalue weighted by Gasteiger charge is -2.30. The summed E-state index contributed by atoms with van der Waals surface area (Å²) in [5.41, 5.74) is 2.57. The Bertz CT molecular complexity index is 834. The molecule has 6 nitrogen and oxygen atoms in total. The summed E-state index contributed by atoms with van der Waals surface area (Å²) in [5.74, 6) is 0.168. The van der Waals surface area contributed by atoms with Crippen molar-refractivity contribution in [1.82, 2.24) is 5.06 Å². The molecule has 0 bridgehead atoms. The first-order valence-corrected chi connectivity index (χ1v) is 10.0. The predicted octanol–water partition coefficient (Wildman–Crippen LogP) is 4.92. The molecule has 1 amide bonds. The van der Waals surface area contributed by atoms with Gasteiger partial charge in [-0.1, -0.05) is 31.5 Å². The van der Waals surface area contributed by atoms with Crippen molar-refractivity contribution < 1.29 is 23.9 Å². The van der Waals surface area contributed by atoms with Crippen molar-refractivity contribution in [2.24, 2.45) is 5.41 Å². The zero-order valence-corrected chi connectivity index (χ0v) is 19.2. The third kappa shape index (κ3) is 4.59. The standard InChI is InChI=1S/C22H30ClNO5/c1-13-9-14(2)16(15(3)10-13)17-18(22(6,7)24(27-8)19(17)25)29-20(26)28-12-21(4,5)11-23/h9-10H,11-12H2,1-8H3. The molecule has 1 aromatic carbocycles. The second-order valence-electron chi connectivity index (χ2n) is 8.76. The number of amides is 1. The van der Waals surface area contributed by atoms with Gasteiger partial charge in [0.25, 0.3) is 5.91 Å². The van der Waals surface area contributed by atoms with Gasteiger partial charge in [-0.2, -0.15) is 0 Å². The van der Waals surface area contributed by atoms with E-state index >= 15 is 0 Å². The molecule has 160 valence electrons. The maximum Gasteiger partial charge on any atom is 0.513 e. The topological polar surface area (TPSA) is 65.1 Å². The summed E-state index contributed by atoms with van der Waals surface area (Å²) in [6.07, 6.45) is -0.878. The molecule has 1 aliphatic heterocycles. The Balaban J connectivity index is 2.52. The Morgan fingerprint density at radius 1 is 1.17 bits per heavy atom. The van der Waals surface area contributed by atoms with Gasteiger partial charge in [0, 0.05) is 11.3 Å². The van der Waals surface area contributed by atoms with E-state index in [-0.39, 0.29) is 23.7 Å². The van der Waals surface area contributed by atoms with E-state index in [9.17, 15) is 9.59 Å². The molecule has 1 aliphatic rings. The van der Waals surface area contributed by atoms with Crippen LogP contribution in [0.4, 0.5) is 4.79 Å². The van der Waals surface area contributed by atoms with Gasteiger partial charge in [0.1, 0.15) is 12.1 Å². The van der Waals surface area contributed by atoms with Crippen LogP contribution in [0.3, 0.4) is 0 Å². The molecule has 29 heavy (non-hydrogen) atoms. The monoisotopic (exact) mass is 423 g/mol. The molecule has 0 unspecified atom stereocenters. The van der Waals surface area contributed by atoms with Gasteiger partial charge in [-0.05, 0) is 51.3 Å². The van der Waals surface area contributed by atoms with Crippen LogP contribution in [-0.2, 0) is 19.1 Å². The minimum Gasteiger partial charge on any atom is -0.433 e. The fourth-order valence-corrected chi connectivity index (χ4v) is 3.62. The second kappa shape index (κ2) is 8.36. The first-order chi connectivity index (χ1) is 13.4. The van der Waals surface area contributed by atoms with Gasteiger partial charge >= 0.3 is 6.16 Å². The van der Waals surface area contributed by atoms with Crippen LogP contribution in [0.15, 0.2) is 17.9 Å². The number of nitrogens with zero attached hydrogens (tertiary/aromatic N) is 1. The number of rotatable bonds is 6. The third-order valence-electron chi connectivity index (χ3n) is 4.93. The van der Waals surface area contributed by atoms with E-state index in [0.717, 1.165) is 22.3 Å². The smallest absolute Gasteiger partial charge is 0.433 e. The van der Waals surface area contributed by atoms with Crippen LogP contribution in [-0.4, -0.2) is 42.3 Å². The van der Waals surface area contributed by atoms with E-state index in [1.807, 2.05) is 46.8 Å². The van der Waals surface area contributed by atoms with Crippen LogP contribution >= 0.6 is 11.6 Å². The Morgan fingerprint density at radius 3 is 2.21 bits per heavy atom. The van der Waals surface area contributed by atoms with Gasteiger partial charge in [0.15, 0.2) is 5.76 Å². The Hall–Kier alpha value is -2.05. The normalized spacial score (nSPS) is 16.4. The lowest BCUT2D eigenvalue weighted by molar-refractivity contribution is -0.190. The van der Waals surface area contributed by atoms with Crippen molar-refractivity contribution in [2.45, 2.75) is 54.0 Å². The average molecular weight is 424 g/mol. The molecule has 0 aliphatic carbocycles. The maximum absolute atomic E-state index is 13.2. The molecular weight excluding hydrogens is 394 g/mol. The van der Waals surface area contributed by atoms with Crippen molar-refractivity contribution in [2.75, 3.05) is 19.6 Å². The van der Waals surface area contributed by atoms with Gasteiger partial charge in [-0.3, -0.25) is 9.63 Å². The first kappa shape index (κ1) is 23.2. The average Bonchev–Trinajstić information content (AvgIpc) is 2.78. The summed E-state index contributed by atoms with van der Waals surface area (Å²) in [6, 6.07) is 3.98. The number of ether oxygens (including phenoxy) is 2. The minimum atomic E-state index is -0.994. The number of alkyl halides is 1. The van der Waals surface area contributed by atoms with Crippen LogP contribution in [0.1, 0.15) is 49.9 Å². The highest BCUT2D eigenvalue weighted by Gasteiger charge is 2.50. The molecule has 2 rings (SSSR count). The van der Waals surface area contributed by atoms with Gasteiger partial charge in [0.2, 0.25) is 0 Å². The molecule has 0 fully saturated rings. The summed E-state index contributed by atoms with van der Waals surface area (Å²) in [4.78, 5) is 31.0. The lowest BCUT2D eigenvalue weighted by atomic mass is 9.91. The number of hydroxylamine groups is 2. The zero-order valence-electron chi connectivity index (χ0n) is 18.4. The highest BCUT2D eigenvalue weighted by Crippen LogP contribution is 2.43. The number of benzene rings is 1. The van der Waals surface area contributed by atoms with E-state index in [4.69, 9.17) is 25.9 Å². The predicted molar refractivity (Wildman–Crippen MR) is 112 cm³/mol. The summed E-state index contributed by atoms with van der Waals surface area (Å²) in [6.45, 7) is 13.2. The van der Waals surface area contributed by atoms with Crippen LogP contribution < -0.4 is 0 Å². The SMILES string of the molecule is CON1C(=O)C(c2c(C)cc(C)cc2C)=C(OC(=O)OCC(C)(C)CCl)C1(C)C. The zero-order chi connectivity index (χ0) is 22.1. The Labute approximate surface area is 177 Å². The van der Waals surface area contributed by atoms with Gasteiger partial charge in [-0.25, -0.2) is 9.86 Å². The molecule has 7 heteroatoms. The van der Waals surface area contributed by atoms with Crippen molar-refractivity contribution in [3.63, 3.8) is 0 Å². The van der Waals surface area contributed by atoms with Crippen LogP contribution in [0.25, 0.3) is 5.57 Å². The molecule has 0 aromatic heterocycles. The number of carbonyl (C=O) groups is 2. The Kier molecular flexibility index (Phi) is 6.70. The van der Waals surface area contributed by atoms with Gasteiger partial charge < -0.3 is 9.47 Å². The molecular formula is C22H30ClNO5. The maximum atomic E-state index is 13.2. The first-order valence-electron chi connectivity index (χ1n) is 9.48. The molecule has 0 atom stereocenters. The Morgan fingerprint density at radius 2 is 1.72 bits per heavy atom. The fourth-order valence-electron chi connectivity index (χ4n) is 3.54. The quantitative estimate of drug-likeness (QED) is 0.479. The van der Waals surface area contributed by atoms with E-state index < -0.39 is 11.7 Å². The van der Waals surface area contributed by atoms with Crippen LogP contribution in [0, 0.1) is 26.2 Å². The summed E-state index contributed by atoms with van der Waals surface area (Å²) >= 11 is 5.89. The number of carbonyl (C=O) groups excluding carboxylic acids is 2. The summed E-state index contributed by atoms with van der Waals surface area (Å²) < 4.78 is 10.9. The van der Waals surface area contributed by atoms with E-state index in [2.05, 4.69) is 0 Å². The molecule has 1 heterocycles. The lowest BCUT2D eigenvalue weighted by Crippen LogP contribution is -2.43. The van der Waals surface area contributed by atoms with Crippen LogP contribution in [0.2, 0.25) is 0 Å². The number of hydrogen-bond donors (Lipinski definition) is 0. The van der Waals surface area contributed by atoms with Crippen molar-refractivity contribution in [3.8, 4) is 0 Å². The molecule has 0 radical (unpaired) electrons. The van der Waals surface area contributed by atoms with E-state index in [1.54, 1.807) is 13.8 Å². The molecule has 1 aromatic rings. The van der Waals surface area contributed by atoms with Crippen molar-refractivity contribution in [3.05, 3.63) is 40.1 Å². The third-order valence-corrected chi connectivity index (χ3v) is 5.65. The highest BCUT2D eigenvalue weighted by atomic mass is 35.5. The summed E-state index contributed by atoms with van der Waals surface area (Å²) in [7, 11) is 1.41. The molecule has 0 N–H and O–H groups in total. The van der Waals surface area contributed by atoms with Gasteiger partial charge in [0.05, 0.1) is 12.7 Å². The van der Waals surface area contributed by atoms with E-state index in [1.165, 1.54) is 12.2 Å².